The molecule has 0 spiro atoms. The van der Waals surface area contributed by atoms with Gasteiger partial charge in [0.25, 0.3) is 0 Å². The van der Waals surface area contributed by atoms with Gasteiger partial charge in [-0.05, 0) is 62.7 Å². The standard InChI is InChI=1S/C48H35N3/c1-48(2)41-18-10-9-16-40(41)46-39(17-11-19-42(46)48)34-24-20-32(21-25-34)33-22-26-36(27-23-33)44-30-45(51-47(50-44)37-14-7-4-8-15-37)38-28-29-43(49-31-38)35-12-5-3-6-13-35/h3-31H,1-2H3. The van der Waals surface area contributed by atoms with E-state index in [1.807, 2.05) is 42.6 Å². The number of nitrogens with zero attached hydrogens (tertiary/aromatic N) is 3. The monoisotopic (exact) mass is 653 g/mol. The molecule has 0 aliphatic heterocycles. The zero-order valence-electron chi connectivity index (χ0n) is 28.6. The van der Waals surface area contributed by atoms with Gasteiger partial charge >= 0.3 is 0 Å². The minimum absolute atomic E-state index is 0.0141. The third-order valence-corrected chi connectivity index (χ3v) is 10.2. The summed E-state index contributed by atoms with van der Waals surface area (Å²) in [5.74, 6) is 0.688. The maximum atomic E-state index is 5.04. The highest BCUT2D eigenvalue weighted by Gasteiger charge is 2.36. The van der Waals surface area contributed by atoms with Crippen molar-refractivity contribution >= 4 is 0 Å². The average molecular weight is 654 g/mol. The minimum Gasteiger partial charge on any atom is -0.256 e. The number of fused-ring (bicyclic) bond motifs is 3. The van der Waals surface area contributed by atoms with E-state index in [1.54, 1.807) is 0 Å². The van der Waals surface area contributed by atoms with Crippen LogP contribution in [0.5, 0.6) is 0 Å². The molecule has 0 N–H and O–H groups in total. The molecule has 6 aromatic carbocycles. The Kier molecular flexibility index (Phi) is 7.48. The van der Waals surface area contributed by atoms with Crippen molar-refractivity contribution < 1.29 is 0 Å². The molecular weight excluding hydrogens is 619 g/mol. The van der Waals surface area contributed by atoms with E-state index in [2.05, 4.69) is 147 Å². The van der Waals surface area contributed by atoms with Gasteiger partial charge in [-0.1, -0.05) is 166 Å². The summed E-state index contributed by atoms with van der Waals surface area (Å²) in [6.45, 7) is 4.67. The molecule has 0 bridgehead atoms. The van der Waals surface area contributed by atoms with E-state index in [4.69, 9.17) is 15.0 Å². The molecule has 0 fully saturated rings. The third-order valence-electron chi connectivity index (χ3n) is 10.2. The number of hydrogen-bond donors (Lipinski definition) is 0. The van der Waals surface area contributed by atoms with E-state index in [1.165, 1.54) is 38.9 Å². The maximum absolute atomic E-state index is 5.04. The van der Waals surface area contributed by atoms with Crippen LogP contribution in [0.2, 0.25) is 0 Å². The number of rotatable bonds is 6. The Morgan fingerprint density at radius 1 is 0.373 bits per heavy atom. The van der Waals surface area contributed by atoms with Crippen LogP contribution in [-0.4, -0.2) is 15.0 Å². The molecule has 9 rings (SSSR count). The molecule has 0 saturated carbocycles. The van der Waals surface area contributed by atoms with Gasteiger partial charge in [0.15, 0.2) is 5.82 Å². The van der Waals surface area contributed by atoms with Gasteiger partial charge in [-0.15, -0.1) is 0 Å². The van der Waals surface area contributed by atoms with Crippen LogP contribution in [0.15, 0.2) is 176 Å². The summed E-state index contributed by atoms with van der Waals surface area (Å²) in [6.07, 6.45) is 1.90. The predicted molar refractivity (Wildman–Crippen MR) is 210 cm³/mol. The van der Waals surface area contributed by atoms with E-state index in [0.29, 0.717) is 5.82 Å². The van der Waals surface area contributed by atoms with Crippen LogP contribution in [0, 0.1) is 0 Å². The fraction of sp³-hybridized carbons (Fsp3) is 0.0625. The molecule has 0 unspecified atom stereocenters. The Morgan fingerprint density at radius 3 is 1.55 bits per heavy atom. The molecule has 3 heteroatoms. The van der Waals surface area contributed by atoms with Crippen molar-refractivity contribution in [2.45, 2.75) is 19.3 Å². The van der Waals surface area contributed by atoms with Crippen molar-refractivity contribution in [3.05, 3.63) is 187 Å². The van der Waals surface area contributed by atoms with Gasteiger partial charge in [0.2, 0.25) is 0 Å². The molecule has 0 saturated heterocycles. The first kappa shape index (κ1) is 30.6. The summed E-state index contributed by atoms with van der Waals surface area (Å²) in [7, 11) is 0. The van der Waals surface area contributed by atoms with Crippen LogP contribution in [0.3, 0.4) is 0 Å². The minimum atomic E-state index is -0.0141. The second-order valence-corrected chi connectivity index (χ2v) is 13.7. The van der Waals surface area contributed by atoms with Gasteiger partial charge in [0.05, 0.1) is 17.1 Å². The van der Waals surface area contributed by atoms with Crippen molar-refractivity contribution in [2.24, 2.45) is 0 Å². The van der Waals surface area contributed by atoms with Gasteiger partial charge in [-0.2, -0.15) is 0 Å². The maximum Gasteiger partial charge on any atom is 0.160 e. The van der Waals surface area contributed by atoms with Crippen LogP contribution in [0.4, 0.5) is 0 Å². The first-order valence-corrected chi connectivity index (χ1v) is 17.4. The summed E-state index contributed by atoms with van der Waals surface area (Å²) in [5.41, 5.74) is 17.0. The first-order valence-electron chi connectivity index (χ1n) is 17.4. The summed E-state index contributed by atoms with van der Waals surface area (Å²) in [5, 5.41) is 0. The molecular formula is C48H35N3. The van der Waals surface area contributed by atoms with E-state index in [0.717, 1.165) is 44.9 Å². The van der Waals surface area contributed by atoms with Crippen LogP contribution >= 0.6 is 0 Å². The largest absolute Gasteiger partial charge is 0.256 e. The van der Waals surface area contributed by atoms with Crippen molar-refractivity contribution in [3.8, 4) is 78.5 Å². The molecule has 0 amide bonds. The lowest BCUT2D eigenvalue weighted by molar-refractivity contribution is 0.660. The Hall–Kier alpha value is -6.45. The second-order valence-electron chi connectivity index (χ2n) is 13.7. The lowest BCUT2D eigenvalue weighted by atomic mass is 9.82. The van der Waals surface area contributed by atoms with Crippen molar-refractivity contribution in [3.63, 3.8) is 0 Å². The highest BCUT2D eigenvalue weighted by molar-refractivity contribution is 5.92. The van der Waals surface area contributed by atoms with E-state index in [9.17, 15) is 0 Å². The fourth-order valence-electron chi connectivity index (χ4n) is 7.46. The third kappa shape index (κ3) is 5.53. The molecule has 2 heterocycles. The van der Waals surface area contributed by atoms with E-state index in [-0.39, 0.29) is 5.41 Å². The molecule has 1 aliphatic carbocycles. The Balaban J connectivity index is 1.03. The highest BCUT2D eigenvalue weighted by atomic mass is 14.9. The molecule has 1 aliphatic rings. The Bertz CT molecular complexity index is 2500. The topological polar surface area (TPSA) is 38.7 Å². The van der Waals surface area contributed by atoms with Gasteiger partial charge in [-0.25, -0.2) is 9.97 Å². The summed E-state index contributed by atoms with van der Waals surface area (Å²) >= 11 is 0. The molecule has 8 aromatic rings. The highest BCUT2D eigenvalue weighted by Crippen LogP contribution is 2.52. The van der Waals surface area contributed by atoms with Gasteiger partial charge in [0.1, 0.15) is 0 Å². The Morgan fingerprint density at radius 2 is 0.882 bits per heavy atom. The van der Waals surface area contributed by atoms with Gasteiger partial charge < -0.3 is 0 Å². The zero-order chi connectivity index (χ0) is 34.4. The molecule has 242 valence electrons. The van der Waals surface area contributed by atoms with Crippen LogP contribution in [-0.2, 0) is 5.41 Å². The number of hydrogen-bond acceptors (Lipinski definition) is 3. The molecule has 3 nitrogen and oxygen atoms in total. The summed E-state index contributed by atoms with van der Waals surface area (Å²) in [4.78, 5) is 14.8. The number of aromatic nitrogens is 3. The van der Waals surface area contributed by atoms with E-state index >= 15 is 0 Å². The lowest BCUT2D eigenvalue weighted by Gasteiger charge is -2.21. The first-order chi connectivity index (χ1) is 25.0. The van der Waals surface area contributed by atoms with Gasteiger partial charge in [0, 0.05) is 33.9 Å². The second kappa shape index (κ2) is 12.5. The van der Waals surface area contributed by atoms with Crippen LogP contribution < -0.4 is 0 Å². The smallest absolute Gasteiger partial charge is 0.160 e. The molecule has 0 atom stereocenters. The zero-order valence-corrected chi connectivity index (χ0v) is 28.6. The predicted octanol–water partition coefficient (Wildman–Crippen LogP) is 12.2. The molecule has 2 aromatic heterocycles. The molecule has 0 radical (unpaired) electrons. The number of pyridine rings is 1. The average Bonchev–Trinajstić information content (AvgIpc) is 3.45. The summed E-state index contributed by atoms with van der Waals surface area (Å²) in [6, 6.07) is 59.8. The van der Waals surface area contributed by atoms with Gasteiger partial charge in [-0.3, -0.25) is 4.98 Å². The Labute approximate surface area is 299 Å². The lowest BCUT2D eigenvalue weighted by Crippen LogP contribution is -2.14. The summed E-state index contributed by atoms with van der Waals surface area (Å²) < 4.78 is 0. The van der Waals surface area contributed by atoms with E-state index < -0.39 is 0 Å². The fourth-order valence-corrected chi connectivity index (χ4v) is 7.46. The van der Waals surface area contributed by atoms with Crippen LogP contribution in [0.25, 0.3) is 78.5 Å². The number of benzene rings is 6. The molecule has 51 heavy (non-hydrogen) atoms. The quantitative estimate of drug-likeness (QED) is 0.179. The normalized spacial score (nSPS) is 12.7. The van der Waals surface area contributed by atoms with Crippen molar-refractivity contribution in [2.75, 3.05) is 0 Å². The van der Waals surface area contributed by atoms with Crippen LogP contribution in [0.1, 0.15) is 25.0 Å². The SMILES string of the molecule is CC1(C)c2ccccc2-c2c(-c3ccc(-c4ccc(-c5cc(-c6ccc(-c7ccccc7)nc6)nc(-c6ccccc6)n5)cc4)cc3)cccc21. The van der Waals surface area contributed by atoms with Crippen molar-refractivity contribution in [1.29, 1.82) is 0 Å². The van der Waals surface area contributed by atoms with Crippen molar-refractivity contribution in [1.82, 2.24) is 15.0 Å².